The van der Waals surface area contributed by atoms with Crippen LogP contribution in [0.2, 0.25) is 0 Å². The summed E-state index contributed by atoms with van der Waals surface area (Å²) in [6.07, 6.45) is 12.2. The third kappa shape index (κ3) is 7.58. The molecule has 192 valence electrons. The number of benzene rings is 2. The fourth-order valence-corrected chi connectivity index (χ4v) is 7.82. The Morgan fingerprint density at radius 2 is 1.39 bits per heavy atom. The second-order valence-corrected chi connectivity index (χ2v) is 12.5. The molecule has 5 heteroatoms. The van der Waals surface area contributed by atoms with Gasteiger partial charge in [-0.15, -0.1) is 23.5 Å². The molecule has 0 radical (unpaired) electrons. The van der Waals surface area contributed by atoms with Crippen molar-refractivity contribution in [1.82, 2.24) is 9.97 Å². The molecular formula is C31H39FN2S2. The van der Waals surface area contributed by atoms with Gasteiger partial charge in [-0.05, 0) is 53.4 Å². The number of rotatable bonds is 12. The highest BCUT2D eigenvalue weighted by Gasteiger charge is 2.23. The Hall–Kier alpha value is -1.85. The first-order chi connectivity index (χ1) is 17.7. The third-order valence-electron chi connectivity index (χ3n) is 6.95. The summed E-state index contributed by atoms with van der Waals surface area (Å²) in [7, 11) is 0. The molecule has 4 rings (SSSR count). The summed E-state index contributed by atoms with van der Waals surface area (Å²) in [5.74, 6) is 3.50. The molecule has 0 spiro atoms. The van der Waals surface area contributed by atoms with Gasteiger partial charge in [0.05, 0.1) is 4.58 Å². The number of halogens is 1. The Balaban J connectivity index is 1.33. The van der Waals surface area contributed by atoms with E-state index in [2.05, 4.69) is 83.7 Å². The summed E-state index contributed by atoms with van der Waals surface area (Å²) in [4.78, 5) is 8.62. The van der Waals surface area contributed by atoms with Crippen molar-refractivity contribution < 1.29 is 4.39 Å². The lowest BCUT2D eigenvalue weighted by Gasteiger charge is -2.28. The Morgan fingerprint density at radius 3 is 2.03 bits per heavy atom. The molecule has 0 amide bonds. The van der Waals surface area contributed by atoms with Gasteiger partial charge >= 0.3 is 0 Å². The monoisotopic (exact) mass is 522 g/mol. The number of hydrogen-bond donors (Lipinski definition) is 0. The zero-order valence-electron chi connectivity index (χ0n) is 21.7. The maximum Gasteiger partial charge on any atom is 0.219 e. The molecular weight excluding hydrogens is 483 g/mol. The Bertz CT molecular complexity index is 1060. The smallest absolute Gasteiger partial charge is 0.219 e. The Morgan fingerprint density at radius 1 is 0.778 bits per heavy atom. The number of thioether (sulfide) groups is 2. The molecule has 1 aromatic heterocycles. The topological polar surface area (TPSA) is 25.8 Å². The maximum absolute atomic E-state index is 14.6. The molecule has 2 heterocycles. The first kappa shape index (κ1) is 27.2. The molecule has 0 atom stereocenters. The molecule has 0 saturated carbocycles. The predicted molar refractivity (Wildman–Crippen MR) is 156 cm³/mol. The lowest BCUT2D eigenvalue weighted by atomic mass is 10.0. The van der Waals surface area contributed by atoms with Gasteiger partial charge in [0.25, 0.3) is 0 Å². The van der Waals surface area contributed by atoms with E-state index in [0.29, 0.717) is 22.4 Å². The van der Waals surface area contributed by atoms with E-state index in [9.17, 15) is 4.39 Å². The number of unbranched alkanes of at least 4 members (excludes halogenated alkanes) is 5. The summed E-state index contributed by atoms with van der Waals surface area (Å²) in [6.45, 7) is 4.48. The molecule has 3 aromatic rings. The molecule has 0 N–H and O–H groups in total. The van der Waals surface area contributed by atoms with Crippen LogP contribution in [0.4, 0.5) is 4.39 Å². The second-order valence-electron chi connectivity index (χ2n) is 9.88. The summed E-state index contributed by atoms with van der Waals surface area (Å²) < 4.78 is 15.1. The number of aryl methyl sites for hydroxylation is 1. The molecule has 1 fully saturated rings. The van der Waals surface area contributed by atoms with E-state index in [4.69, 9.17) is 0 Å². The van der Waals surface area contributed by atoms with Gasteiger partial charge in [0.15, 0.2) is 5.82 Å². The molecule has 0 aliphatic carbocycles. The van der Waals surface area contributed by atoms with Crippen molar-refractivity contribution in [3.63, 3.8) is 0 Å². The van der Waals surface area contributed by atoms with E-state index in [1.54, 1.807) is 6.20 Å². The highest BCUT2D eigenvalue weighted by molar-refractivity contribution is 8.16. The van der Waals surface area contributed by atoms with Gasteiger partial charge < -0.3 is 0 Å². The SMILES string of the molecule is CCCCCCCc1cnc(-c2ccc(-c3ccc(C4SCC(CCCC)CS4)cc3)cc2)nc1F. The molecule has 1 saturated heterocycles. The molecule has 0 unspecified atom stereocenters. The number of nitrogens with zero attached hydrogens (tertiary/aromatic N) is 2. The van der Waals surface area contributed by atoms with Crippen LogP contribution >= 0.6 is 23.5 Å². The standard InChI is InChI=1S/C31H39FN2S2/c1-3-5-7-8-9-11-28-20-33-30(34-29(28)32)26-16-12-24(13-17-26)25-14-18-27(19-15-25)31-35-21-23(22-36-31)10-6-4-2/h12-20,23,31H,3-11,21-22H2,1-2H3. The number of hydrogen-bond acceptors (Lipinski definition) is 4. The van der Waals surface area contributed by atoms with Crippen LogP contribution in [0.15, 0.2) is 54.7 Å². The van der Waals surface area contributed by atoms with Crippen LogP contribution in [0.5, 0.6) is 0 Å². The van der Waals surface area contributed by atoms with Crippen molar-refractivity contribution in [2.45, 2.75) is 76.2 Å². The molecule has 2 aromatic carbocycles. The summed E-state index contributed by atoms with van der Waals surface area (Å²) >= 11 is 4.21. The Kier molecular flexibility index (Phi) is 10.7. The Labute approximate surface area is 225 Å². The number of aromatic nitrogens is 2. The second kappa shape index (κ2) is 14.2. The maximum atomic E-state index is 14.6. The van der Waals surface area contributed by atoms with Crippen LogP contribution in [0, 0.1) is 11.9 Å². The fraction of sp³-hybridized carbons (Fsp3) is 0.484. The average molecular weight is 523 g/mol. The summed E-state index contributed by atoms with van der Waals surface area (Å²) in [5.41, 5.74) is 5.23. The third-order valence-corrected chi connectivity index (χ3v) is 10.2. The van der Waals surface area contributed by atoms with Gasteiger partial charge in [-0.1, -0.05) is 101 Å². The van der Waals surface area contributed by atoms with Crippen LogP contribution in [0.1, 0.15) is 80.9 Å². The van der Waals surface area contributed by atoms with E-state index in [-0.39, 0.29) is 5.95 Å². The van der Waals surface area contributed by atoms with Crippen molar-refractivity contribution in [3.8, 4) is 22.5 Å². The lowest BCUT2D eigenvalue weighted by molar-refractivity contribution is 0.551. The van der Waals surface area contributed by atoms with Gasteiger partial charge in [-0.25, -0.2) is 4.98 Å². The zero-order valence-corrected chi connectivity index (χ0v) is 23.4. The van der Waals surface area contributed by atoms with E-state index in [1.165, 1.54) is 61.2 Å². The lowest BCUT2D eigenvalue weighted by Crippen LogP contribution is -2.14. The van der Waals surface area contributed by atoms with Crippen LogP contribution in [0.3, 0.4) is 0 Å². The molecule has 1 aliphatic rings. The molecule has 0 bridgehead atoms. The van der Waals surface area contributed by atoms with Crippen LogP contribution in [0.25, 0.3) is 22.5 Å². The van der Waals surface area contributed by atoms with Gasteiger partial charge in [0.2, 0.25) is 5.95 Å². The van der Waals surface area contributed by atoms with Crippen LogP contribution in [-0.2, 0) is 6.42 Å². The molecule has 2 nitrogen and oxygen atoms in total. The largest absolute Gasteiger partial charge is 0.236 e. The minimum absolute atomic E-state index is 0.384. The van der Waals surface area contributed by atoms with Gasteiger partial charge in [0.1, 0.15) is 0 Å². The van der Waals surface area contributed by atoms with E-state index < -0.39 is 0 Å². The van der Waals surface area contributed by atoms with E-state index in [0.717, 1.165) is 29.9 Å². The normalized spacial score (nSPS) is 17.9. The molecule has 1 aliphatic heterocycles. The van der Waals surface area contributed by atoms with Gasteiger partial charge in [-0.3, -0.25) is 0 Å². The first-order valence-electron chi connectivity index (χ1n) is 13.6. The van der Waals surface area contributed by atoms with Crippen LogP contribution < -0.4 is 0 Å². The van der Waals surface area contributed by atoms with Crippen molar-refractivity contribution in [2.24, 2.45) is 5.92 Å². The quantitative estimate of drug-likeness (QED) is 0.175. The summed E-state index contributed by atoms with van der Waals surface area (Å²) in [6, 6.07) is 17.1. The van der Waals surface area contributed by atoms with Crippen molar-refractivity contribution >= 4 is 23.5 Å². The van der Waals surface area contributed by atoms with Gasteiger partial charge in [0, 0.05) is 17.3 Å². The highest BCUT2D eigenvalue weighted by atomic mass is 32.2. The van der Waals surface area contributed by atoms with Crippen LogP contribution in [-0.4, -0.2) is 21.5 Å². The van der Waals surface area contributed by atoms with Gasteiger partial charge in [-0.2, -0.15) is 9.37 Å². The minimum atomic E-state index is -0.384. The minimum Gasteiger partial charge on any atom is -0.236 e. The van der Waals surface area contributed by atoms with Crippen molar-refractivity contribution in [3.05, 3.63) is 71.8 Å². The van der Waals surface area contributed by atoms with E-state index in [1.807, 2.05) is 12.1 Å². The molecule has 36 heavy (non-hydrogen) atoms. The van der Waals surface area contributed by atoms with Crippen molar-refractivity contribution in [1.29, 1.82) is 0 Å². The zero-order chi connectivity index (χ0) is 25.2. The predicted octanol–water partition coefficient (Wildman–Crippen LogP) is 9.75. The first-order valence-corrected chi connectivity index (χ1v) is 15.7. The summed E-state index contributed by atoms with van der Waals surface area (Å²) in [5, 5.41) is 0. The van der Waals surface area contributed by atoms with E-state index >= 15 is 0 Å². The van der Waals surface area contributed by atoms with Crippen molar-refractivity contribution in [2.75, 3.05) is 11.5 Å². The average Bonchev–Trinajstić information content (AvgIpc) is 2.93. The highest BCUT2D eigenvalue weighted by Crippen LogP contribution is 2.46. The fourth-order valence-electron chi connectivity index (χ4n) is 4.65.